The number of hydrogen-bond acceptors (Lipinski definition) is 4. The summed E-state index contributed by atoms with van der Waals surface area (Å²) in [4.78, 5) is 24.8. The predicted molar refractivity (Wildman–Crippen MR) is 89.3 cm³/mol. The van der Waals surface area contributed by atoms with Crippen molar-refractivity contribution < 1.29 is 9.59 Å². The minimum absolute atomic E-state index is 0.116. The maximum absolute atomic E-state index is 11.9. The van der Waals surface area contributed by atoms with Crippen molar-refractivity contribution in [1.29, 1.82) is 0 Å². The lowest BCUT2D eigenvalue weighted by Crippen LogP contribution is -2.32. The van der Waals surface area contributed by atoms with Crippen LogP contribution in [0.25, 0.3) is 10.6 Å². The van der Waals surface area contributed by atoms with E-state index in [1.807, 2.05) is 23.6 Å². The first kappa shape index (κ1) is 15.0. The molecule has 2 amide bonds. The second kappa shape index (κ2) is 6.89. The smallest absolute Gasteiger partial charge is 0.251 e. The van der Waals surface area contributed by atoms with Crippen molar-refractivity contribution in [3.05, 3.63) is 59.5 Å². The zero-order valence-electron chi connectivity index (χ0n) is 12.1. The zero-order chi connectivity index (χ0) is 16.1. The Labute approximate surface area is 136 Å². The summed E-state index contributed by atoms with van der Waals surface area (Å²) < 4.78 is 0. The van der Waals surface area contributed by atoms with Crippen LogP contribution >= 0.6 is 11.3 Å². The van der Waals surface area contributed by atoms with E-state index in [-0.39, 0.29) is 18.4 Å². The zero-order valence-corrected chi connectivity index (χ0v) is 12.9. The van der Waals surface area contributed by atoms with Gasteiger partial charge < -0.3 is 10.6 Å². The van der Waals surface area contributed by atoms with E-state index in [1.165, 1.54) is 0 Å². The number of nitrogens with one attached hydrogen (secondary N) is 3. The number of hydrogen-bond donors (Lipinski definition) is 3. The molecule has 6 nitrogen and oxygen atoms in total. The van der Waals surface area contributed by atoms with Crippen LogP contribution in [0, 0.1) is 0 Å². The second-order valence-electron chi connectivity index (χ2n) is 4.74. The van der Waals surface area contributed by atoms with Crippen LogP contribution in [0.2, 0.25) is 0 Å². The number of carbonyl (C=O) groups is 2. The Morgan fingerprint density at radius 1 is 1.13 bits per heavy atom. The topological polar surface area (TPSA) is 86.9 Å². The molecule has 0 bridgehead atoms. The van der Waals surface area contributed by atoms with Gasteiger partial charge >= 0.3 is 0 Å². The van der Waals surface area contributed by atoms with Crippen molar-refractivity contribution in [2.24, 2.45) is 0 Å². The molecule has 2 aromatic heterocycles. The molecule has 0 saturated carbocycles. The number of benzene rings is 1. The number of aromatic amines is 1. The van der Waals surface area contributed by atoms with Crippen LogP contribution in [0.1, 0.15) is 10.4 Å². The summed E-state index contributed by atoms with van der Waals surface area (Å²) in [7, 11) is 0. The van der Waals surface area contributed by atoms with Gasteiger partial charge in [0.1, 0.15) is 0 Å². The molecule has 0 aliphatic carbocycles. The van der Waals surface area contributed by atoms with E-state index >= 15 is 0 Å². The van der Waals surface area contributed by atoms with E-state index in [0.717, 1.165) is 10.6 Å². The maximum Gasteiger partial charge on any atom is 0.251 e. The average molecular weight is 326 g/mol. The summed E-state index contributed by atoms with van der Waals surface area (Å²) in [5, 5.41) is 14.1. The summed E-state index contributed by atoms with van der Waals surface area (Å²) in [6.45, 7) is -0.116. The fourth-order valence-electron chi connectivity index (χ4n) is 1.98. The van der Waals surface area contributed by atoms with E-state index in [9.17, 15) is 9.59 Å². The summed E-state index contributed by atoms with van der Waals surface area (Å²) in [6.07, 6.45) is 0. The Morgan fingerprint density at radius 3 is 2.70 bits per heavy atom. The van der Waals surface area contributed by atoms with Crippen molar-refractivity contribution >= 4 is 29.0 Å². The number of aromatic nitrogens is 2. The highest BCUT2D eigenvalue weighted by Crippen LogP contribution is 2.24. The monoisotopic (exact) mass is 326 g/mol. The predicted octanol–water partition coefficient (Wildman–Crippen LogP) is 2.51. The third-order valence-electron chi connectivity index (χ3n) is 3.08. The minimum atomic E-state index is -0.335. The number of anilines is 1. The van der Waals surface area contributed by atoms with Crippen LogP contribution in [0.4, 0.5) is 5.82 Å². The molecule has 7 heteroatoms. The standard InChI is InChI=1S/C16H14N4O2S/c21-15(10-17-16(22)11-5-2-1-3-6-11)18-14-9-12(19-20-14)13-7-4-8-23-13/h1-9H,10H2,(H,17,22)(H2,18,19,20,21). The number of H-pyrrole nitrogens is 1. The van der Waals surface area contributed by atoms with E-state index in [2.05, 4.69) is 20.8 Å². The number of thiophene rings is 1. The third kappa shape index (κ3) is 3.83. The molecule has 0 atom stereocenters. The Hall–Kier alpha value is -2.93. The Bertz CT molecular complexity index is 797. The van der Waals surface area contributed by atoms with E-state index in [4.69, 9.17) is 0 Å². The minimum Gasteiger partial charge on any atom is -0.343 e. The Kier molecular flexibility index (Phi) is 4.49. The van der Waals surface area contributed by atoms with Crippen LogP contribution < -0.4 is 10.6 Å². The SMILES string of the molecule is O=C(CNC(=O)c1ccccc1)Nc1cc(-c2cccs2)[nH]n1. The highest BCUT2D eigenvalue weighted by Gasteiger charge is 2.10. The molecule has 1 aromatic carbocycles. The third-order valence-corrected chi connectivity index (χ3v) is 3.98. The molecule has 3 N–H and O–H groups in total. The molecule has 0 saturated heterocycles. The van der Waals surface area contributed by atoms with Crippen molar-refractivity contribution in [2.75, 3.05) is 11.9 Å². The van der Waals surface area contributed by atoms with Gasteiger partial charge in [0.05, 0.1) is 17.1 Å². The van der Waals surface area contributed by atoms with Gasteiger partial charge in [-0.2, -0.15) is 5.10 Å². The number of carbonyl (C=O) groups excluding carboxylic acids is 2. The lowest BCUT2D eigenvalue weighted by Gasteiger charge is -2.04. The van der Waals surface area contributed by atoms with Crippen LogP contribution in [0.5, 0.6) is 0 Å². The molecule has 0 radical (unpaired) electrons. The lowest BCUT2D eigenvalue weighted by molar-refractivity contribution is -0.115. The van der Waals surface area contributed by atoms with Gasteiger partial charge in [0.25, 0.3) is 5.91 Å². The van der Waals surface area contributed by atoms with Gasteiger partial charge in [-0.05, 0) is 23.6 Å². The summed E-state index contributed by atoms with van der Waals surface area (Å²) in [5.74, 6) is -0.201. The van der Waals surface area contributed by atoms with Crippen molar-refractivity contribution in [1.82, 2.24) is 15.5 Å². The summed E-state index contributed by atoms with van der Waals surface area (Å²) in [6, 6.07) is 14.4. The Balaban J connectivity index is 1.53. The van der Waals surface area contributed by atoms with Crippen molar-refractivity contribution in [3.8, 4) is 10.6 Å². The molecule has 3 aromatic rings. The molecule has 116 valence electrons. The molecular weight excluding hydrogens is 312 g/mol. The molecule has 0 fully saturated rings. The maximum atomic E-state index is 11.9. The fraction of sp³-hybridized carbons (Fsp3) is 0.0625. The van der Waals surface area contributed by atoms with Gasteiger partial charge in [-0.1, -0.05) is 24.3 Å². The molecule has 3 rings (SSSR count). The van der Waals surface area contributed by atoms with Crippen LogP contribution in [0.3, 0.4) is 0 Å². The van der Waals surface area contributed by atoms with Crippen LogP contribution in [0.15, 0.2) is 53.9 Å². The fourth-order valence-corrected chi connectivity index (χ4v) is 2.68. The van der Waals surface area contributed by atoms with Gasteiger partial charge in [0.2, 0.25) is 5.91 Å². The largest absolute Gasteiger partial charge is 0.343 e. The quantitative estimate of drug-likeness (QED) is 0.673. The lowest BCUT2D eigenvalue weighted by atomic mass is 10.2. The molecule has 2 heterocycles. The Morgan fingerprint density at radius 2 is 1.96 bits per heavy atom. The van der Waals surface area contributed by atoms with Crippen LogP contribution in [-0.4, -0.2) is 28.6 Å². The molecule has 0 unspecified atom stereocenters. The van der Waals surface area contributed by atoms with Crippen molar-refractivity contribution in [2.45, 2.75) is 0 Å². The first-order valence-electron chi connectivity index (χ1n) is 6.95. The van der Waals surface area contributed by atoms with Gasteiger partial charge in [-0.15, -0.1) is 11.3 Å². The summed E-state index contributed by atoms with van der Waals surface area (Å²) >= 11 is 1.58. The first-order chi connectivity index (χ1) is 11.2. The van der Waals surface area contributed by atoms with Crippen LogP contribution in [-0.2, 0) is 4.79 Å². The second-order valence-corrected chi connectivity index (χ2v) is 5.69. The molecular formula is C16H14N4O2S. The van der Waals surface area contributed by atoms with E-state index in [0.29, 0.717) is 11.4 Å². The van der Waals surface area contributed by atoms with E-state index < -0.39 is 0 Å². The molecule has 23 heavy (non-hydrogen) atoms. The number of rotatable bonds is 5. The van der Waals surface area contributed by atoms with Gasteiger partial charge in [-0.25, -0.2) is 0 Å². The number of amides is 2. The molecule has 0 aliphatic rings. The van der Waals surface area contributed by atoms with Gasteiger partial charge in [0.15, 0.2) is 5.82 Å². The number of nitrogens with zero attached hydrogens (tertiary/aromatic N) is 1. The normalized spacial score (nSPS) is 10.3. The average Bonchev–Trinajstić information content (AvgIpc) is 3.24. The highest BCUT2D eigenvalue weighted by atomic mass is 32.1. The first-order valence-corrected chi connectivity index (χ1v) is 7.83. The molecule has 0 spiro atoms. The van der Waals surface area contributed by atoms with Gasteiger partial charge in [-0.3, -0.25) is 14.7 Å². The summed E-state index contributed by atoms with van der Waals surface area (Å²) in [5.41, 5.74) is 1.35. The highest BCUT2D eigenvalue weighted by molar-refractivity contribution is 7.13. The van der Waals surface area contributed by atoms with Crippen molar-refractivity contribution in [3.63, 3.8) is 0 Å². The molecule has 0 aliphatic heterocycles. The van der Waals surface area contributed by atoms with E-state index in [1.54, 1.807) is 41.7 Å². The van der Waals surface area contributed by atoms with Gasteiger partial charge in [0, 0.05) is 11.6 Å².